The van der Waals surface area contributed by atoms with Crippen molar-refractivity contribution in [3.8, 4) is 5.75 Å². The first-order valence-electron chi connectivity index (χ1n) is 10.8. The number of Topliss-reactive ketones (excluding diaryl/α,β-unsaturated/α-hetero) is 1. The maximum atomic E-state index is 12.7. The van der Waals surface area contributed by atoms with E-state index in [0.29, 0.717) is 35.9 Å². The van der Waals surface area contributed by atoms with Gasteiger partial charge in [0, 0.05) is 28.3 Å². The number of carbonyl (C=O) groups excluding carboxylic acids is 3. The van der Waals surface area contributed by atoms with Crippen molar-refractivity contribution in [2.45, 2.75) is 32.3 Å². The van der Waals surface area contributed by atoms with Crippen LogP contribution in [0.3, 0.4) is 0 Å². The predicted octanol–water partition coefficient (Wildman–Crippen LogP) is 5.27. The molecule has 2 amide bonds. The molecule has 8 heteroatoms. The standard InChI is InChI=1S/C26H26N2O6/c1-17(29)18-11-13-19(14-12-18)27-26(32)34-24(9-3-2-4-10-25(31)28-33)22-15-16-23(30)21-8-6-5-7-20(21)22/h4-8,10-16,24,30,33H,2-3,9H2,1H3,(H,27,32)(H,28,31)/b10-4+/t24-/m0/s1. The molecule has 0 spiro atoms. The van der Waals surface area contributed by atoms with E-state index in [1.54, 1.807) is 48.5 Å². The Morgan fingerprint density at radius 1 is 1.00 bits per heavy atom. The molecule has 4 N–H and O–H groups in total. The quantitative estimate of drug-likeness (QED) is 0.113. The van der Waals surface area contributed by atoms with Gasteiger partial charge in [-0.1, -0.05) is 36.4 Å². The van der Waals surface area contributed by atoms with Crippen LogP contribution in [0.1, 0.15) is 48.2 Å². The molecule has 0 aliphatic heterocycles. The van der Waals surface area contributed by atoms with E-state index < -0.39 is 18.1 Å². The highest BCUT2D eigenvalue weighted by Gasteiger charge is 2.20. The van der Waals surface area contributed by atoms with Gasteiger partial charge in [-0.05, 0) is 61.9 Å². The lowest BCUT2D eigenvalue weighted by Gasteiger charge is -2.21. The highest BCUT2D eigenvalue weighted by atomic mass is 16.6. The number of amides is 2. The third-order valence-corrected chi connectivity index (χ3v) is 5.29. The molecular formula is C26H26N2O6. The number of phenols is 1. The molecular weight excluding hydrogens is 436 g/mol. The summed E-state index contributed by atoms with van der Waals surface area (Å²) in [4.78, 5) is 35.3. The Bertz CT molecular complexity index is 1200. The number of carbonyl (C=O) groups is 3. The molecule has 176 valence electrons. The van der Waals surface area contributed by atoms with E-state index in [2.05, 4.69) is 5.32 Å². The summed E-state index contributed by atoms with van der Waals surface area (Å²) in [6.45, 7) is 1.47. The second-order valence-electron chi connectivity index (χ2n) is 7.68. The minimum absolute atomic E-state index is 0.0704. The monoisotopic (exact) mass is 462 g/mol. The second kappa shape index (κ2) is 11.6. The van der Waals surface area contributed by atoms with Crippen molar-refractivity contribution in [2.75, 3.05) is 5.32 Å². The van der Waals surface area contributed by atoms with Crippen LogP contribution in [-0.2, 0) is 9.53 Å². The Labute approximate surface area is 196 Å². The van der Waals surface area contributed by atoms with Gasteiger partial charge in [-0.15, -0.1) is 0 Å². The number of ketones is 1. The van der Waals surface area contributed by atoms with Crippen LogP contribution in [0.25, 0.3) is 10.8 Å². The van der Waals surface area contributed by atoms with Gasteiger partial charge in [0.1, 0.15) is 11.9 Å². The number of aromatic hydroxyl groups is 1. The van der Waals surface area contributed by atoms with Gasteiger partial charge < -0.3 is 9.84 Å². The fourth-order valence-corrected chi connectivity index (χ4v) is 3.58. The molecule has 3 aromatic carbocycles. The number of hydroxylamine groups is 1. The molecule has 0 aliphatic rings. The summed E-state index contributed by atoms with van der Waals surface area (Å²) < 4.78 is 5.77. The Balaban J connectivity index is 1.78. The van der Waals surface area contributed by atoms with Crippen LogP contribution in [0, 0.1) is 0 Å². The van der Waals surface area contributed by atoms with Gasteiger partial charge in [-0.3, -0.25) is 20.1 Å². The number of rotatable bonds is 9. The number of unbranched alkanes of at least 4 members (excludes halogenated alkanes) is 1. The largest absolute Gasteiger partial charge is 0.507 e. The van der Waals surface area contributed by atoms with Gasteiger partial charge in [0.25, 0.3) is 5.91 Å². The Morgan fingerprint density at radius 2 is 1.71 bits per heavy atom. The first-order valence-corrected chi connectivity index (χ1v) is 10.8. The second-order valence-corrected chi connectivity index (χ2v) is 7.68. The lowest BCUT2D eigenvalue weighted by molar-refractivity contribution is -0.124. The van der Waals surface area contributed by atoms with Crippen molar-refractivity contribution < 1.29 is 29.4 Å². The molecule has 0 unspecified atom stereocenters. The first kappa shape index (κ1) is 24.5. The van der Waals surface area contributed by atoms with E-state index in [9.17, 15) is 19.5 Å². The van der Waals surface area contributed by atoms with Crippen LogP contribution in [0.4, 0.5) is 10.5 Å². The van der Waals surface area contributed by atoms with Crippen molar-refractivity contribution in [3.05, 3.63) is 83.9 Å². The number of anilines is 1. The van der Waals surface area contributed by atoms with Crippen molar-refractivity contribution >= 4 is 34.2 Å². The number of ether oxygens (including phenoxy) is 1. The van der Waals surface area contributed by atoms with Crippen LogP contribution < -0.4 is 10.8 Å². The summed E-state index contributed by atoms with van der Waals surface area (Å²) in [5.41, 5.74) is 3.30. The number of fused-ring (bicyclic) bond motifs is 1. The summed E-state index contributed by atoms with van der Waals surface area (Å²) in [5, 5.41) is 22.9. The molecule has 3 aromatic rings. The van der Waals surface area contributed by atoms with Crippen molar-refractivity contribution in [1.82, 2.24) is 5.48 Å². The van der Waals surface area contributed by atoms with Crippen molar-refractivity contribution in [1.29, 1.82) is 0 Å². The number of phenolic OH excluding ortho intramolecular Hbond substituents is 1. The molecule has 0 radical (unpaired) electrons. The van der Waals surface area contributed by atoms with Crippen LogP contribution in [0.15, 0.2) is 72.8 Å². The van der Waals surface area contributed by atoms with Crippen LogP contribution in [0.5, 0.6) is 5.75 Å². The zero-order valence-corrected chi connectivity index (χ0v) is 18.7. The molecule has 0 aromatic heterocycles. The first-order chi connectivity index (χ1) is 16.4. The highest BCUT2D eigenvalue weighted by molar-refractivity contribution is 5.95. The van der Waals surface area contributed by atoms with E-state index in [-0.39, 0.29) is 11.5 Å². The third kappa shape index (κ3) is 6.43. The maximum Gasteiger partial charge on any atom is 0.412 e. The average Bonchev–Trinajstić information content (AvgIpc) is 2.83. The van der Waals surface area contributed by atoms with Gasteiger partial charge >= 0.3 is 6.09 Å². The Hall–Kier alpha value is -4.17. The maximum absolute atomic E-state index is 12.7. The highest BCUT2D eigenvalue weighted by Crippen LogP contribution is 2.34. The van der Waals surface area contributed by atoms with E-state index in [1.807, 2.05) is 18.2 Å². The van der Waals surface area contributed by atoms with Gasteiger partial charge in [0.15, 0.2) is 5.78 Å². The van der Waals surface area contributed by atoms with Gasteiger partial charge in [-0.2, -0.15) is 0 Å². The zero-order chi connectivity index (χ0) is 24.5. The van der Waals surface area contributed by atoms with E-state index in [1.165, 1.54) is 18.5 Å². The average molecular weight is 463 g/mol. The molecule has 0 aliphatic carbocycles. The number of hydrogen-bond acceptors (Lipinski definition) is 6. The minimum Gasteiger partial charge on any atom is -0.507 e. The van der Waals surface area contributed by atoms with E-state index >= 15 is 0 Å². The molecule has 0 saturated heterocycles. The SMILES string of the molecule is CC(=O)c1ccc(NC(=O)O[C@@H](CCC/C=C/C(=O)NO)c2ccc(O)c3ccccc23)cc1. The van der Waals surface area contributed by atoms with Gasteiger partial charge in [0.05, 0.1) is 0 Å². The topological polar surface area (TPSA) is 125 Å². The summed E-state index contributed by atoms with van der Waals surface area (Å²) in [7, 11) is 0. The normalized spacial score (nSPS) is 11.8. The molecule has 0 heterocycles. The number of nitrogens with one attached hydrogen (secondary N) is 2. The van der Waals surface area contributed by atoms with Crippen LogP contribution in [-0.4, -0.2) is 28.1 Å². The molecule has 34 heavy (non-hydrogen) atoms. The van der Waals surface area contributed by atoms with Crippen LogP contribution >= 0.6 is 0 Å². The number of hydrogen-bond donors (Lipinski definition) is 4. The van der Waals surface area contributed by atoms with Gasteiger partial charge in [-0.25, -0.2) is 10.3 Å². The van der Waals surface area contributed by atoms with Gasteiger partial charge in [0.2, 0.25) is 0 Å². The number of benzene rings is 3. The number of allylic oxidation sites excluding steroid dienone is 1. The third-order valence-electron chi connectivity index (χ3n) is 5.29. The summed E-state index contributed by atoms with van der Waals surface area (Å²) in [6, 6.07) is 17.1. The molecule has 1 atom stereocenters. The Kier molecular flexibility index (Phi) is 8.37. The molecule has 0 saturated carbocycles. The molecule has 0 fully saturated rings. The summed E-state index contributed by atoms with van der Waals surface area (Å²) in [5.74, 6) is -0.558. The van der Waals surface area contributed by atoms with Crippen molar-refractivity contribution in [3.63, 3.8) is 0 Å². The molecule has 0 bridgehead atoms. The fourth-order valence-electron chi connectivity index (χ4n) is 3.58. The van der Waals surface area contributed by atoms with Crippen molar-refractivity contribution in [2.24, 2.45) is 0 Å². The van der Waals surface area contributed by atoms with E-state index in [0.717, 1.165) is 10.9 Å². The van der Waals surface area contributed by atoms with Crippen LogP contribution in [0.2, 0.25) is 0 Å². The lowest BCUT2D eigenvalue weighted by atomic mass is 9.96. The predicted molar refractivity (Wildman–Crippen MR) is 128 cm³/mol. The smallest absolute Gasteiger partial charge is 0.412 e. The molecule has 8 nitrogen and oxygen atoms in total. The molecule has 3 rings (SSSR count). The Morgan fingerprint density at radius 3 is 2.38 bits per heavy atom. The summed E-state index contributed by atoms with van der Waals surface area (Å²) >= 11 is 0. The fraction of sp³-hybridized carbons (Fsp3) is 0.192. The van der Waals surface area contributed by atoms with E-state index in [4.69, 9.17) is 9.94 Å². The zero-order valence-electron chi connectivity index (χ0n) is 18.7. The summed E-state index contributed by atoms with van der Waals surface area (Å²) in [6.07, 6.45) is 3.14. The minimum atomic E-state index is -0.659. The lowest BCUT2D eigenvalue weighted by Crippen LogP contribution is -2.18.